The highest BCUT2D eigenvalue weighted by atomic mass is 32.1. The van der Waals surface area contributed by atoms with E-state index in [4.69, 9.17) is 10.5 Å². The van der Waals surface area contributed by atoms with Crippen LogP contribution in [0.2, 0.25) is 0 Å². The summed E-state index contributed by atoms with van der Waals surface area (Å²) in [6, 6.07) is 6.80. The highest BCUT2D eigenvalue weighted by molar-refractivity contribution is 7.08. The molecule has 4 nitrogen and oxygen atoms in total. The van der Waals surface area contributed by atoms with Crippen LogP contribution in [0.1, 0.15) is 10.4 Å². The minimum absolute atomic E-state index is 0.183. The fourth-order valence-corrected chi connectivity index (χ4v) is 2.00. The first-order valence-corrected chi connectivity index (χ1v) is 5.92. The highest BCUT2D eigenvalue weighted by Gasteiger charge is 2.08. The summed E-state index contributed by atoms with van der Waals surface area (Å²) in [5.74, 6) is 0.384. The second-order valence-corrected chi connectivity index (χ2v) is 4.20. The van der Waals surface area contributed by atoms with Crippen LogP contribution in [0.5, 0.6) is 5.75 Å². The van der Waals surface area contributed by atoms with Gasteiger partial charge >= 0.3 is 0 Å². The van der Waals surface area contributed by atoms with E-state index in [1.165, 1.54) is 18.4 Å². The molecule has 0 saturated carbocycles. The summed E-state index contributed by atoms with van der Waals surface area (Å²) in [4.78, 5) is 11.9. The summed E-state index contributed by atoms with van der Waals surface area (Å²) in [6.45, 7) is 0. The van der Waals surface area contributed by atoms with E-state index in [0.717, 1.165) is 5.69 Å². The molecule has 5 heteroatoms. The summed E-state index contributed by atoms with van der Waals surface area (Å²) in [5, 5.41) is 6.54. The maximum absolute atomic E-state index is 11.9. The number of thiophene rings is 1. The first-order valence-electron chi connectivity index (χ1n) is 4.98. The topological polar surface area (TPSA) is 64.3 Å². The minimum atomic E-state index is -0.183. The normalized spacial score (nSPS) is 9.94. The van der Waals surface area contributed by atoms with Gasteiger partial charge in [0.05, 0.1) is 18.5 Å². The van der Waals surface area contributed by atoms with E-state index >= 15 is 0 Å². The Morgan fingerprint density at radius 2 is 2.24 bits per heavy atom. The third kappa shape index (κ3) is 2.57. The number of rotatable bonds is 3. The van der Waals surface area contributed by atoms with Gasteiger partial charge in [0, 0.05) is 10.9 Å². The number of nitrogens with one attached hydrogen (secondary N) is 1. The Kier molecular flexibility index (Phi) is 3.30. The average Bonchev–Trinajstić information content (AvgIpc) is 2.81. The summed E-state index contributed by atoms with van der Waals surface area (Å²) < 4.78 is 5.03. The van der Waals surface area contributed by atoms with Gasteiger partial charge < -0.3 is 15.8 Å². The molecular formula is C12H12N2O2S. The first-order chi connectivity index (χ1) is 8.20. The van der Waals surface area contributed by atoms with Gasteiger partial charge in [-0.25, -0.2) is 0 Å². The van der Waals surface area contributed by atoms with Crippen molar-refractivity contribution in [2.45, 2.75) is 0 Å². The standard InChI is InChI=1S/C12H12N2O2S/c1-16-11-3-2-8(6-10(11)13)12(15)14-9-4-5-17-7-9/h2-7H,13H2,1H3,(H,14,15). The number of amides is 1. The predicted octanol–water partition coefficient (Wildman–Crippen LogP) is 2.59. The molecule has 2 aromatic rings. The number of hydrogen-bond acceptors (Lipinski definition) is 4. The second kappa shape index (κ2) is 4.88. The van der Waals surface area contributed by atoms with E-state index in [1.807, 2.05) is 16.8 Å². The van der Waals surface area contributed by atoms with Crippen LogP contribution < -0.4 is 15.8 Å². The van der Waals surface area contributed by atoms with Gasteiger partial charge in [0.2, 0.25) is 0 Å². The SMILES string of the molecule is COc1ccc(C(=O)Nc2ccsc2)cc1N. The van der Waals surface area contributed by atoms with E-state index < -0.39 is 0 Å². The maximum atomic E-state index is 11.9. The van der Waals surface area contributed by atoms with Gasteiger partial charge in [-0.15, -0.1) is 0 Å². The van der Waals surface area contributed by atoms with Crippen molar-refractivity contribution in [2.75, 3.05) is 18.2 Å². The zero-order chi connectivity index (χ0) is 12.3. The van der Waals surface area contributed by atoms with E-state index in [2.05, 4.69) is 5.32 Å². The number of carbonyl (C=O) groups is 1. The number of ether oxygens (including phenoxy) is 1. The quantitative estimate of drug-likeness (QED) is 0.820. The molecule has 0 atom stereocenters. The molecule has 17 heavy (non-hydrogen) atoms. The minimum Gasteiger partial charge on any atom is -0.495 e. The van der Waals surface area contributed by atoms with Gasteiger partial charge in [0.1, 0.15) is 5.75 Å². The Hall–Kier alpha value is -2.01. The lowest BCUT2D eigenvalue weighted by atomic mass is 10.1. The molecule has 3 N–H and O–H groups in total. The molecule has 0 saturated heterocycles. The molecule has 1 amide bonds. The zero-order valence-electron chi connectivity index (χ0n) is 9.27. The molecule has 1 aromatic heterocycles. The predicted molar refractivity (Wildman–Crippen MR) is 69.7 cm³/mol. The third-order valence-electron chi connectivity index (χ3n) is 2.27. The van der Waals surface area contributed by atoms with Crippen LogP contribution in [0, 0.1) is 0 Å². The van der Waals surface area contributed by atoms with Crippen molar-refractivity contribution in [3.05, 3.63) is 40.6 Å². The number of anilines is 2. The van der Waals surface area contributed by atoms with E-state index in [0.29, 0.717) is 17.0 Å². The molecule has 0 radical (unpaired) electrons. The Morgan fingerprint density at radius 1 is 1.41 bits per heavy atom. The van der Waals surface area contributed by atoms with E-state index in [-0.39, 0.29) is 5.91 Å². The van der Waals surface area contributed by atoms with Gasteiger partial charge in [-0.05, 0) is 29.6 Å². The lowest BCUT2D eigenvalue weighted by Gasteiger charge is -2.07. The van der Waals surface area contributed by atoms with E-state index in [1.54, 1.807) is 18.2 Å². The van der Waals surface area contributed by atoms with Crippen molar-refractivity contribution < 1.29 is 9.53 Å². The van der Waals surface area contributed by atoms with Gasteiger partial charge in [-0.3, -0.25) is 4.79 Å². The van der Waals surface area contributed by atoms with Gasteiger partial charge in [-0.2, -0.15) is 11.3 Å². The number of benzene rings is 1. The van der Waals surface area contributed by atoms with Crippen LogP contribution in [0.3, 0.4) is 0 Å². The summed E-state index contributed by atoms with van der Waals surface area (Å²) in [5.41, 5.74) is 7.48. The number of methoxy groups -OCH3 is 1. The van der Waals surface area contributed by atoms with E-state index in [9.17, 15) is 4.79 Å². The van der Waals surface area contributed by atoms with Crippen LogP contribution in [-0.2, 0) is 0 Å². The fourth-order valence-electron chi connectivity index (χ4n) is 1.41. The molecule has 88 valence electrons. The molecule has 0 aliphatic heterocycles. The summed E-state index contributed by atoms with van der Waals surface area (Å²) in [7, 11) is 1.54. The van der Waals surface area contributed by atoms with Gasteiger partial charge in [0.15, 0.2) is 0 Å². The van der Waals surface area contributed by atoms with Crippen molar-refractivity contribution >= 4 is 28.6 Å². The van der Waals surface area contributed by atoms with Crippen molar-refractivity contribution in [3.63, 3.8) is 0 Å². The van der Waals surface area contributed by atoms with Gasteiger partial charge in [0.25, 0.3) is 5.91 Å². The monoisotopic (exact) mass is 248 g/mol. The Labute approximate surface area is 103 Å². The zero-order valence-corrected chi connectivity index (χ0v) is 10.1. The van der Waals surface area contributed by atoms with Crippen molar-refractivity contribution in [3.8, 4) is 5.75 Å². The summed E-state index contributed by atoms with van der Waals surface area (Å²) in [6.07, 6.45) is 0. The van der Waals surface area contributed by atoms with Crippen LogP contribution >= 0.6 is 11.3 Å². The van der Waals surface area contributed by atoms with Crippen molar-refractivity contribution in [1.82, 2.24) is 0 Å². The molecule has 0 aliphatic rings. The Balaban J connectivity index is 2.17. The Morgan fingerprint density at radius 3 is 2.82 bits per heavy atom. The Bertz CT molecular complexity index is 523. The maximum Gasteiger partial charge on any atom is 0.255 e. The first kappa shape index (κ1) is 11.5. The molecule has 1 aromatic carbocycles. The van der Waals surface area contributed by atoms with Gasteiger partial charge in [-0.1, -0.05) is 0 Å². The smallest absolute Gasteiger partial charge is 0.255 e. The lowest BCUT2D eigenvalue weighted by Crippen LogP contribution is -2.11. The number of nitrogen functional groups attached to an aromatic ring is 1. The summed E-state index contributed by atoms with van der Waals surface area (Å²) >= 11 is 1.53. The lowest BCUT2D eigenvalue weighted by molar-refractivity contribution is 0.102. The molecule has 0 bridgehead atoms. The van der Waals surface area contributed by atoms with Crippen molar-refractivity contribution in [2.24, 2.45) is 0 Å². The molecule has 2 rings (SSSR count). The average molecular weight is 248 g/mol. The number of hydrogen-bond donors (Lipinski definition) is 2. The second-order valence-electron chi connectivity index (χ2n) is 3.42. The molecule has 0 unspecified atom stereocenters. The van der Waals surface area contributed by atoms with Crippen LogP contribution in [0.25, 0.3) is 0 Å². The molecule has 1 heterocycles. The fraction of sp³-hybridized carbons (Fsp3) is 0.0833. The molecule has 0 spiro atoms. The number of carbonyl (C=O) groups excluding carboxylic acids is 1. The van der Waals surface area contributed by atoms with Crippen LogP contribution in [0.4, 0.5) is 11.4 Å². The molecular weight excluding hydrogens is 236 g/mol. The molecule has 0 aliphatic carbocycles. The van der Waals surface area contributed by atoms with Crippen LogP contribution in [0.15, 0.2) is 35.0 Å². The molecule has 0 fully saturated rings. The van der Waals surface area contributed by atoms with Crippen molar-refractivity contribution in [1.29, 1.82) is 0 Å². The third-order valence-corrected chi connectivity index (χ3v) is 2.95. The number of nitrogens with two attached hydrogens (primary N) is 1. The highest BCUT2D eigenvalue weighted by Crippen LogP contribution is 2.22. The van der Waals surface area contributed by atoms with Crippen LogP contribution in [-0.4, -0.2) is 13.0 Å². The largest absolute Gasteiger partial charge is 0.495 e.